The smallest absolute Gasteiger partial charge is 0.270 e. The first kappa shape index (κ1) is 22.7. The quantitative estimate of drug-likeness (QED) is 0.415. The minimum absolute atomic E-state index is 0.00349. The van der Waals surface area contributed by atoms with Gasteiger partial charge in [0.15, 0.2) is 5.11 Å². The molecule has 0 aromatic heterocycles. The van der Waals surface area contributed by atoms with E-state index in [2.05, 4.69) is 37.1 Å². The summed E-state index contributed by atoms with van der Waals surface area (Å²) >= 11 is 5.33. The van der Waals surface area contributed by atoms with Gasteiger partial charge >= 0.3 is 0 Å². The number of ether oxygens (including phenoxy) is 1. The van der Waals surface area contributed by atoms with E-state index in [1.807, 2.05) is 44.3 Å². The molecule has 2 aromatic rings. The van der Waals surface area contributed by atoms with Gasteiger partial charge in [-0.15, -0.1) is 0 Å². The number of rotatable bonds is 3. The van der Waals surface area contributed by atoms with Crippen LogP contribution in [-0.2, 0) is 9.59 Å². The molecule has 0 bridgehead atoms. The Balaban J connectivity index is 1.84. The molecule has 2 amide bonds. The maximum Gasteiger partial charge on any atom is 0.270 e. The van der Waals surface area contributed by atoms with Crippen LogP contribution in [0.5, 0.6) is 5.75 Å². The molecule has 6 nitrogen and oxygen atoms in total. The number of aryl methyl sites for hydroxylation is 1. The SMILES string of the molecule is COc1cc2c(cc1/C=C1/C(=O)NC(=S)N(c3ccccc3C)C1=O)C(C)=CC(C)(C)N2C. The zero-order chi connectivity index (χ0) is 24.1. The van der Waals surface area contributed by atoms with E-state index in [1.165, 1.54) is 4.90 Å². The summed E-state index contributed by atoms with van der Waals surface area (Å²) in [6.45, 7) is 8.25. The van der Waals surface area contributed by atoms with Crippen LogP contribution in [-0.4, -0.2) is 36.6 Å². The molecule has 0 aliphatic carbocycles. The fourth-order valence-electron chi connectivity index (χ4n) is 4.33. The predicted octanol–water partition coefficient (Wildman–Crippen LogP) is 4.47. The number of allylic oxidation sites excluding steroid dienone is 1. The molecule has 2 aromatic carbocycles. The maximum absolute atomic E-state index is 13.4. The number of nitrogens with one attached hydrogen (secondary N) is 1. The lowest BCUT2D eigenvalue weighted by molar-refractivity contribution is -0.122. The Morgan fingerprint density at radius 3 is 2.45 bits per heavy atom. The number of methoxy groups -OCH3 is 1. The monoisotopic (exact) mass is 461 g/mol. The zero-order valence-electron chi connectivity index (χ0n) is 19.6. The van der Waals surface area contributed by atoms with Gasteiger partial charge in [-0.1, -0.05) is 24.3 Å². The highest BCUT2D eigenvalue weighted by atomic mass is 32.1. The molecule has 2 heterocycles. The Labute approximate surface area is 199 Å². The van der Waals surface area contributed by atoms with Gasteiger partial charge in [0, 0.05) is 29.9 Å². The number of amides is 2. The molecule has 1 N–H and O–H groups in total. The minimum Gasteiger partial charge on any atom is -0.496 e. The topological polar surface area (TPSA) is 61.9 Å². The summed E-state index contributed by atoms with van der Waals surface area (Å²) in [5.74, 6) is -0.418. The number of carbonyl (C=O) groups is 2. The van der Waals surface area contributed by atoms with Crippen molar-refractivity contribution in [1.29, 1.82) is 0 Å². The number of likely N-dealkylation sites (N-methyl/N-ethyl adjacent to an activating group) is 1. The molecule has 33 heavy (non-hydrogen) atoms. The summed E-state index contributed by atoms with van der Waals surface area (Å²) in [6, 6.07) is 11.3. The lowest BCUT2D eigenvalue weighted by Gasteiger charge is -2.41. The van der Waals surface area contributed by atoms with Gasteiger partial charge in [0.25, 0.3) is 11.8 Å². The third-order valence-electron chi connectivity index (χ3n) is 6.33. The van der Waals surface area contributed by atoms with Gasteiger partial charge in [-0.3, -0.25) is 19.8 Å². The number of hydrogen-bond acceptors (Lipinski definition) is 5. The zero-order valence-corrected chi connectivity index (χ0v) is 20.5. The second kappa shape index (κ2) is 8.15. The van der Waals surface area contributed by atoms with Crippen molar-refractivity contribution in [2.75, 3.05) is 24.0 Å². The van der Waals surface area contributed by atoms with Crippen molar-refractivity contribution in [3.05, 3.63) is 64.7 Å². The Kier molecular flexibility index (Phi) is 5.62. The number of anilines is 2. The molecule has 170 valence electrons. The number of carbonyl (C=O) groups excluding carboxylic acids is 2. The van der Waals surface area contributed by atoms with Crippen molar-refractivity contribution in [3.8, 4) is 5.75 Å². The highest BCUT2D eigenvalue weighted by molar-refractivity contribution is 7.80. The van der Waals surface area contributed by atoms with Crippen molar-refractivity contribution in [2.45, 2.75) is 33.2 Å². The molecule has 0 saturated carbocycles. The van der Waals surface area contributed by atoms with Crippen molar-refractivity contribution < 1.29 is 14.3 Å². The molecule has 4 rings (SSSR count). The lowest BCUT2D eigenvalue weighted by Crippen LogP contribution is -2.54. The van der Waals surface area contributed by atoms with Gasteiger partial charge in [0.05, 0.1) is 18.3 Å². The highest BCUT2D eigenvalue weighted by Crippen LogP contribution is 2.42. The number of fused-ring (bicyclic) bond motifs is 1. The van der Waals surface area contributed by atoms with E-state index in [-0.39, 0.29) is 16.2 Å². The van der Waals surface area contributed by atoms with Gasteiger partial charge in [-0.05, 0) is 69.3 Å². The Bertz CT molecular complexity index is 1260. The Morgan fingerprint density at radius 2 is 1.79 bits per heavy atom. The second-order valence-corrected chi connectivity index (χ2v) is 9.28. The average molecular weight is 462 g/mol. The molecule has 0 spiro atoms. The minimum atomic E-state index is -0.528. The van der Waals surface area contributed by atoms with Crippen molar-refractivity contribution >= 4 is 52.2 Å². The predicted molar refractivity (Wildman–Crippen MR) is 137 cm³/mol. The summed E-state index contributed by atoms with van der Waals surface area (Å²) in [4.78, 5) is 29.8. The van der Waals surface area contributed by atoms with Crippen LogP contribution in [0.3, 0.4) is 0 Å². The van der Waals surface area contributed by atoms with Crippen molar-refractivity contribution in [2.24, 2.45) is 0 Å². The summed E-state index contributed by atoms with van der Waals surface area (Å²) in [5.41, 5.74) is 5.19. The van der Waals surface area contributed by atoms with Crippen LogP contribution in [0, 0.1) is 6.92 Å². The molecule has 0 radical (unpaired) electrons. The van der Waals surface area contributed by atoms with Gasteiger partial charge in [0.1, 0.15) is 11.3 Å². The lowest BCUT2D eigenvalue weighted by atomic mass is 9.88. The Hall–Kier alpha value is -3.45. The third kappa shape index (κ3) is 3.82. The first-order valence-corrected chi connectivity index (χ1v) is 11.1. The van der Waals surface area contributed by atoms with Crippen LogP contribution in [0.25, 0.3) is 11.6 Å². The molecule has 1 fully saturated rings. The summed E-state index contributed by atoms with van der Waals surface area (Å²) in [6.07, 6.45) is 3.78. The van der Waals surface area contributed by atoms with E-state index < -0.39 is 11.8 Å². The average Bonchev–Trinajstić information content (AvgIpc) is 2.75. The molecular formula is C26H27N3O3S. The van der Waals surface area contributed by atoms with E-state index in [1.54, 1.807) is 19.3 Å². The maximum atomic E-state index is 13.4. The van der Waals surface area contributed by atoms with Crippen LogP contribution in [0.15, 0.2) is 48.0 Å². The summed E-state index contributed by atoms with van der Waals surface area (Å²) in [5, 5.41) is 2.72. The normalized spacial score (nSPS) is 18.8. The van der Waals surface area contributed by atoms with E-state index >= 15 is 0 Å². The van der Waals surface area contributed by atoms with Gasteiger partial charge in [-0.25, -0.2) is 0 Å². The number of para-hydroxylation sites is 1. The number of thiocarbonyl (C=S) groups is 1. The van der Waals surface area contributed by atoms with Gasteiger partial charge in [-0.2, -0.15) is 0 Å². The van der Waals surface area contributed by atoms with E-state index in [0.29, 0.717) is 17.0 Å². The molecular weight excluding hydrogens is 434 g/mol. The van der Waals surface area contributed by atoms with Gasteiger partial charge in [0.2, 0.25) is 0 Å². The first-order valence-electron chi connectivity index (χ1n) is 10.7. The fourth-order valence-corrected chi connectivity index (χ4v) is 4.60. The van der Waals surface area contributed by atoms with Crippen molar-refractivity contribution in [1.82, 2.24) is 5.32 Å². The van der Waals surface area contributed by atoms with E-state index in [9.17, 15) is 9.59 Å². The molecule has 1 saturated heterocycles. The van der Waals surface area contributed by atoms with Crippen LogP contribution in [0.2, 0.25) is 0 Å². The molecule has 2 aliphatic heterocycles. The highest BCUT2D eigenvalue weighted by Gasteiger charge is 2.36. The number of nitrogens with zero attached hydrogens (tertiary/aromatic N) is 2. The van der Waals surface area contributed by atoms with E-state index in [0.717, 1.165) is 22.4 Å². The van der Waals surface area contributed by atoms with Crippen LogP contribution >= 0.6 is 12.2 Å². The third-order valence-corrected chi connectivity index (χ3v) is 6.61. The number of hydrogen-bond donors (Lipinski definition) is 1. The summed E-state index contributed by atoms with van der Waals surface area (Å²) < 4.78 is 5.65. The number of benzene rings is 2. The fraction of sp³-hybridized carbons (Fsp3) is 0.269. The largest absolute Gasteiger partial charge is 0.496 e. The molecule has 2 aliphatic rings. The standard InChI is InChI=1S/C26H27N3O3S/c1-15-9-7-8-10-20(15)29-24(31)19(23(30)27-25(29)33)12-17-11-18-16(2)14-26(3,4)28(5)21(18)13-22(17)32-6/h7-14H,1-6H3,(H,27,30,33)/b19-12-. The Morgan fingerprint density at radius 1 is 1.09 bits per heavy atom. The molecule has 0 atom stereocenters. The van der Waals surface area contributed by atoms with E-state index in [4.69, 9.17) is 17.0 Å². The van der Waals surface area contributed by atoms with Crippen molar-refractivity contribution in [3.63, 3.8) is 0 Å². The van der Waals surface area contributed by atoms with Crippen LogP contribution < -0.4 is 19.9 Å². The molecule has 7 heteroatoms. The van der Waals surface area contributed by atoms with Crippen LogP contribution in [0.1, 0.15) is 37.5 Å². The van der Waals surface area contributed by atoms with Gasteiger partial charge < -0.3 is 9.64 Å². The first-order chi connectivity index (χ1) is 15.5. The second-order valence-electron chi connectivity index (χ2n) is 8.90. The van der Waals surface area contributed by atoms with Crippen LogP contribution in [0.4, 0.5) is 11.4 Å². The summed E-state index contributed by atoms with van der Waals surface area (Å²) in [7, 11) is 3.62. The molecule has 0 unspecified atom stereocenters.